The number of nitrogens with two attached hydrogens (primary N) is 1. The highest BCUT2D eigenvalue weighted by atomic mass is 16.5. The Kier molecular flexibility index (Phi) is 5.60. The molecule has 2 amide bonds. The first-order valence-electron chi connectivity index (χ1n) is 7.52. The van der Waals surface area contributed by atoms with E-state index in [4.69, 9.17) is 10.5 Å². The van der Waals surface area contributed by atoms with E-state index in [0.717, 1.165) is 25.7 Å². The molecule has 5 heteroatoms. The summed E-state index contributed by atoms with van der Waals surface area (Å²) < 4.78 is 5.58. The van der Waals surface area contributed by atoms with Crippen LogP contribution in [0.2, 0.25) is 0 Å². The molecule has 1 fully saturated rings. The van der Waals surface area contributed by atoms with Gasteiger partial charge in [0.05, 0.1) is 5.56 Å². The van der Waals surface area contributed by atoms with Gasteiger partial charge in [0, 0.05) is 5.69 Å². The zero-order valence-electron chi connectivity index (χ0n) is 12.1. The van der Waals surface area contributed by atoms with Gasteiger partial charge in [-0.15, -0.1) is 0 Å². The Morgan fingerprint density at radius 3 is 2.14 bits per heavy atom. The van der Waals surface area contributed by atoms with Gasteiger partial charge in [0.15, 0.2) is 0 Å². The van der Waals surface area contributed by atoms with Crippen molar-refractivity contribution >= 4 is 17.7 Å². The Morgan fingerprint density at radius 1 is 1.00 bits per heavy atom. The monoisotopic (exact) mass is 290 g/mol. The van der Waals surface area contributed by atoms with Crippen LogP contribution in [0.3, 0.4) is 0 Å². The van der Waals surface area contributed by atoms with Gasteiger partial charge in [-0.3, -0.25) is 0 Å². The summed E-state index contributed by atoms with van der Waals surface area (Å²) in [6.07, 6.45) is 7.91. The van der Waals surface area contributed by atoms with Crippen molar-refractivity contribution in [3.63, 3.8) is 0 Å². The molecule has 21 heavy (non-hydrogen) atoms. The highest BCUT2D eigenvalue weighted by Gasteiger charge is 2.17. The molecule has 1 aliphatic rings. The van der Waals surface area contributed by atoms with Gasteiger partial charge < -0.3 is 15.8 Å². The van der Waals surface area contributed by atoms with E-state index in [2.05, 4.69) is 5.32 Å². The first kappa shape index (κ1) is 15.4. The fourth-order valence-electron chi connectivity index (χ4n) is 2.59. The lowest BCUT2D eigenvalue weighted by molar-refractivity contribution is 0.0239. The lowest BCUT2D eigenvalue weighted by Gasteiger charge is -2.20. The summed E-state index contributed by atoms with van der Waals surface area (Å²) in [4.78, 5) is 22.8. The summed E-state index contributed by atoms with van der Waals surface area (Å²) in [6.45, 7) is 0. The highest BCUT2D eigenvalue weighted by molar-refractivity contribution is 5.91. The molecule has 1 aromatic carbocycles. The number of hydrogen-bond acceptors (Lipinski definition) is 3. The van der Waals surface area contributed by atoms with E-state index >= 15 is 0 Å². The number of primary amides is 1. The molecule has 1 aliphatic carbocycles. The van der Waals surface area contributed by atoms with Crippen molar-refractivity contribution in [2.24, 2.45) is 5.73 Å². The molecule has 0 bridgehead atoms. The molecular formula is C16H22N2O3. The molecule has 0 saturated heterocycles. The van der Waals surface area contributed by atoms with Crippen LogP contribution < -0.4 is 11.1 Å². The van der Waals surface area contributed by atoms with Crippen molar-refractivity contribution in [3.8, 4) is 0 Å². The van der Waals surface area contributed by atoms with E-state index in [9.17, 15) is 9.59 Å². The smallest absolute Gasteiger partial charge is 0.338 e. The molecule has 5 nitrogen and oxygen atoms in total. The summed E-state index contributed by atoms with van der Waals surface area (Å²) in [5.41, 5.74) is 6.08. The standard InChI is InChI=1S/C16H22N2O3/c17-16(20)18-13-10-8-12(9-11-13)15(19)21-14-6-4-2-1-3-5-7-14/h8-11,14H,1-7H2,(H3,17,18,20). The van der Waals surface area contributed by atoms with Crippen molar-refractivity contribution in [2.75, 3.05) is 5.32 Å². The van der Waals surface area contributed by atoms with Gasteiger partial charge in [0.2, 0.25) is 0 Å². The number of ether oxygens (including phenoxy) is 1. The maximum Gasteiger partial charge on any atom is 0.338 e. The molecular weight excluding hydrogens is 268 g/mol. The summed E-state index contributed by atoms with van der Waals surface area (Å²) >= 11 is 0. The minimum atomic E-state index is -0.625. The molecule has 114 valence electrons. The zero-order chi connectivity index (χ0) is 15.1. The van der Waals surface area contributed by atoms with E-state index in [-0.39, 0.29) is 12.1 Å². The van der Waals surface area contributed by atoms with Gasteiger partial charge >= 0.3 is 12.0 Å². The molecule has 0 unspecified atom stereocenters. The fourth-order valence-corrected chi connectivity index (χ4v) is 2.59. The van der Waals surface area contributed by atoms with E-state index in [0.29, 0.717) is 11.3 Å². The second kappa shape index (κ2) is 7.67. The number of hydrogen-bond donors (Lipinski definition) is 2. The Balaban J connectivity index is 1.91. The Labute approximate surface area is 124 Å². The third kappa shape index (κ3) is 5.10. The van der Waals surface area contributed by atoms with Crippen molar-refractivity contribution in [2.45, 2.75) is 51.0 Å². The van der Waals surface area contributed by atoms with Crippen molar-refractivity contribution in [1.82, 2.24) is 0 Å². The predicted octanol–water partition coefficient (Wildman–Crippen LogP) is 3.45. The number of carbonyl (C=O) groups excluding carboxylic acids is 2. The minimum absolute atomic E-state index is 0.0289. The molecule has 0 aromatic heterocycles. The number of urea groups is 1. The van der Waals surface area contributed by atoms with E-state index in [1.54, 1.807) is 24.3 Å². The SMILES string of the molecule is NC(=O)Nc1ccc(C(=O)OC2CCCCCCC2)cc1. The van der Waals surface area contributed by atoms with Crippen LogP contribution in [0, 0.1) is 0 Å². The highest BCUT2D eigenvalue weighted by Crippen LogP contribution is 2.21. The van der Waals surface area contributed by atoms with Crippen LogP contribution in [0.15, 0.2) is 24.3 Å². The van der Waals surface area contributed by atoms with Crippen LogP contribution in [0.25, 0.3) is 0 Å². The van der Waals surface area contributed by atoms with Crippen LogP contribution in [-0.2, 0) is 4.74 Å². The van der Waals surface area contributed by atoms with Gasteiger partial charge in [0.25, 0.3) is 0 Å². The van der Waals surface area contributed by atoms with E-state index in [1.165, 1.54) is 19.3 Å². The van der Waals surface area contributed by atoms with E-state index < -0.39 is 6.03 Å². The Morgan fingerprint density at radius 2 is 1.57 bits per heavy atom. The molecule has 1 saturated carbocycles. The Bertz CT molecular complexity index is 477. The summed E-state index contributed by atoms with van der Waals surface area (Å²) in [5, 5.41) is 2.45. The largest absolute Gasteiger partial charge is 0.459 e. The lowest BCUT2D eigenvalue weighted by Crippen LogP contribution is -2.20. The number of rotatable bonds is 3. The molecule has 0 spiro atoms. The first-order chi connectivity index (χ1) is 10.1. The van der Waals surface area contributed by atoms with Gasteiger partial charge in [-0.1, -0.05) is 19.3 Å². The topological polar surface area (TPSA) is 81.4 Å². The maximum atomic E-state index is 12.1. The maximum absolute atomic E-state index is 12.1. The molecule has 2 rings (SSSR count). The number of amides is 2. The number of carbonyl (C=O) groups is 2. The summed E-state index contributed by atoms with van der Waals surface area (Å²) in [7, 11) is 0. The van der Waals surface area contributed by atoms with Gasteiger partial charge in [-0.25, -0.2) is 9.59 Å². The Hall–Kier alpha value is -2.04. The average molecular weight is 290 g/mol. The molecule has 3 N–H and O–H groups in total. The fraction of sp³-hybridized carbons (Fsp3) is 0.500. The number of nitrogens with one attached hydrogen (secondary N) is 1. The second-order valence-electron chi connectivity index (χ2n) is 5.44. The van der Waals surface area contributed by atoms with Crippen LogP contribution in [0.5, 0.6) is 0 Å². The quantitative estimate of drug-likeness (QED) is 0.836. The van der Waals surface area contributed by atoms with Crippen molar-refractivity contribution < 1.29 is 14.3 Å². The van der Waals surface area contributed by atoms with Crippen LogP contribution >= 0.6 is 0 Å². The van der Waals surface area contributed by atoms with Gasteiger partial charge in [-0.05, 0) is 49.9 Å². The molecule has 0 radical (unpaired) electrons. The van der Waals surface area contributed by atoms with Crippen LogP contribution in [0.4, 0.5) is 10.5 Å². The second-order valence-corrected chi connectivity index (χ2v) is 5.44. The number of esters is 1. The first-order valence-corrected chi connectivity index (χ1v) is 7.52. The van der Waals surface area contributed by atoms with E-state index in [1.807, 2.05) is 0 Å². The average Bonchev–Trinajstić information content (AvgIpc) is 2.41. The van der Waals surface area contributed by atoms with Crippen molar-refractivity contribution in [1.29, 1.82) is 0 Å². The molecule has 0 aliphatic heterocycles. The van der Waals surface area contributed by atoms with Gasteiger partial charge in [0.1, 0.15) is 6.10 Å². The zero-order valence-corrected chi connectivity index (χ0v) is 12.1. The summed E-state index contributed by atoms with van der Waals surface area (Å²) in [5.74, 6) is -0.300. The predicted molar refractivity (Wildman–Crippen MR) is 81.2 cm³/mol. The van der Waals surface area contributed by atoms with Gasteiger partial charge in [-0.2, -0.15) is 0 Å². The molecule has 0 heterocycles. The third-order valence-electron chi connectivity index (χ3n) is 3.71. The molecule has 1 aromatic rings. The normalized spacial score (nSPS) is 16.6. The third-order valence-corrected chi connectivity index (χ3v) is 3.71. The minimum Gasteiger partial charge on any atom is -0.459 e. The van der Waals surface area contributed by atoms with Crippen molar-refractivity contribution in [3.05, 3.63) is 29.8 Å². The number of anilines is 1. The number of benzene rings is 1. The van der Waals surface area contributed by atoms with Crippen LogP contribution in [-0.4, -0.2) is 18.1 Å². The van der Waals surface area contributed by atoms with Crippen LogP contribution in [0.1, 0.15) is 55.3 Å². The molecule has 0 atom stereocenters. The summed E-state index contributed by atoms with van der Waals surface area (Å²) in [6, 6.07) is 5.92. The lowest BCUT2D eigenvalue weighted by atomic mass is 9.98.